The molecule has 98 valence electrons. The standard InChI is InChI=1S/C14H14FN3S/c1-10-13(18-5-6-19-14(18)17-10)9-16-8-11-3-2-4-12(15)7-11/h2-7,16H,8-9H2,1H3. The molecule has 2 aromatic heterocycles. The number of imidazole rings is 1. The van der Waals surface area contributed by atoms with Crippen molar-refractivity contribution in [2.75, 3.05) is 0 Å². The number of hydrogen-bond acceptors (Lipinski definition) is 3. The maximum atomic E-state index is 13.1. The van der Waals surface area contributed by atoms with E-state index in [9.17, 15) is 4.39 Å². The van der Waals surface area contributed by atoms with Gasteiger partial charge in [0.1, 0.15) is 5.82 Å². The Hall–Kier alpha value is -1.72. The summed E-state index contributed by atoms with van der Waals surface area (Å²) in [7, 11) is 0. The third kappa shape index (κ3) is 2.52. The van der Waals surface area contributed by atoms with Gasteiger partial charge in [-0.2, -0.15) is 0 Å². The first-order valence-corrected chi connectivity index (χ1v) is 6.98. The molecular formula is C14H14FN3S. The molecule has 0 bridgehead atoms. The summed E-state index contributed by atoms with van der Waals surface area (Å²) in [5, 5.41) is 5.36. The van der Waals surface area contributed by atoms with Crippen LogP contribution in [0.15, 0.2) is 35.8 Å². The molecule has 1 N–H and O–H groups in total. The van der Waals surface area contributed by atoms with Gasteiger partial charge in [-0.25, -0.2) is 9.37 Å². The van der Waals surface area contributed by atoms with E-state index in [4.69, 9.17) is 0 Å². The number of fused-ring (bicyclic) bond motifs is 1. The summed E-state index contributed by atoms with van der Waals surface area (Å²) in [6, 6.07) is 6.66. The van der Waals surface area contributed by atoms with Crippen LogP contribution in [0.2, 0.25) is 0 Å². The van der Waals surface area contributed by atoms with E-state index in [2.05, 4.69) is 14.7 Å². The lowest BCUT2D eigenvalue weighted by Gasteiger charge is -2.05. The van der Waals surface area contributed by atoms with Crippen molar-refractivity contribution in [2.45, 2.75) is 20.0 Å². The van der Waals surface area contributed by atoms with E-state index in [1.54, 1.807) is 23.5 Å². The van der Waals surface area contributed by atoms with E-state index in [0.717, 1.165) is 28.5 Å². The first-order chi connectivity index (χ1) is 9.24. The largest absolute Gasteiger partial charge is 0.307 e. The topological polar surface area (TPSA) is 29.3 Å². The molecule has 0 unspecified atom stereocenters. The number of nitrogens with zero attached hydrogens (tertiary/aromatic N) is 2. The number of aryl methyl sites for hydroxylation is 1. The fourth-order valence-corrected chi connectivity index (χ4v) is 2.90. The Kier molecular flexibility index (Phi) is 3.31. The minimum atomic E-state index is -0.194. The van der Waals surface area contributed by atoms with Crippen molar-refractivity contribution in [1.82, 2.24) is 14.7 Å². The SMILES string of the molecule is Cc1nc2sccn2c1CNCc1cccc(F)c1. The van der Waals surface area contributed by atoms with Crippen LogP contribution in [0.25, 0.3) is 4.96 Å². The number of aromatic nitrogens is 2. The van der Waals surface area contributed by atoms with Gasteiger partial charge in [0.25, 0.3) is 0 Å². The lowest BCUT2D eigenvalue weighted by atomic mass is 10.2. The van der Waals surface area contributed by atoms with Crippen molar-refractivity contribution >= 4 is 16.3 Å². The molecule has 0 fully saturated rings. The number of benzene rings is 1. The van der Waals surface area contributed by atoms with E-state index < -0.39 is 0 Å². The van der Waals surface area contributed by atoms with Crippen LogP contribution in [0.1, 0.15) is 17.0 Å². The average Bonchev–Trinajstić information content (AvgIpc) is 2.92. The Morgan fingerprint density at radius 2 is 2.26 bits per heavy atom. The van der Waals surface area contributed by atoms with Gasteiger partial charge in [0.05, 0.1) is 11.4 Å². The van der Waals surface area contributed by atoms with E-state index in [-0.39, 0.29) is 5.82 Å². The summed E-state index contributed by atoms with van der Waals surface area (Å²) in [5.74, 6) is -0.194. The molecule has 0 saturated carbocycles. The van der Waals surface area contributed by atoms with Crippen LogP contribution < -0.4 is 5.32 Å². The van der Waals surface area contributed by atoms with Crippen molar-refractivity contribution in [3.63, 3.8) is 0 Å². The normalized spacial score (nSPS) is 11.3. The second-order valence-electron chi connectivity index (χ2n) is 4.43. The van der Waals surface area contributed by atoms with Crippen molar-refractivity contribution in [3.8, 4) is 0 Å². The molecule has 3 aromatic rings. The van der Waals surface area contributed by atoms with Gasteiger partial charge in [-0.1, -0.05) is 12.1 Å². The maximum absolute atomic E-state index is 13.1. The molecule has 0 atom stereocenters. The zero-order valence-corrected chi connectivity index (χ0v) is 11.4. The van der Waals surface area contributed by atoms with Gasteiger partial charge in [0, 0.05) is 24.7 Å². The van der Waals surface area contributed by atoms with Gasteiger partial charge in [0.2, 0.25) is 0 Å². The summed E-state index contributed by atoms with van der Waals surface area (Å²) >= 11 is 1.63. The van der Waals surface area contributed by atoms with Gasteiger partial charge < -0.3 is 5.32 Å². The summed E-state index contributed by atoms with van der Waals surface area (Å²) < 4.78 is 15.2. The highest BCUT2D eigenvalue weighted by Crippen LogP contribution is 2.16. The second-order valence-corrected chi connectivity index (χ2v) is 5.31. The monoisotopic (exact) mass is 275 g/mol. The van der Waals surface area contributed by atoms with E-state index in [0.29, 0.717) is 6.54 Å². The lowest BCUT2D eigenvalue weighted by molar-refractivity contribution is 0.618. The van der Waals surface area contributed by atoms with Crippen LogP contribution in [0.4, 0.5) is 4.39 Å². The minimum Gasteiger partial charge on any atom is -0.307 e. The summed E-state index contributed by atoms with van der Waals surface area (Å²) in [5.41, 5.74) is 3.15. The first kappa shape index (κ1) is 12.3. The van der Waals surface area contributed by atoms with Crippen LogP contribution in [-0.4, -0.2) is 9.38 Å². The average molecular weight is 275 g/mol. The Balaban J connectivity index is 1.69. The Morgan fingerprint density at radius 1 is 1.37 bits per heavy atom. The number of halogens is 1. The minimum absolute atomic E-state index is 0.194. The number of rotatable bonds is 4. The molecule has 2 heterocycles. The van der Waals surface area contributed by atoms with Gasteiger partial charge >= 0.3 is 0 Å². The molecule has 0 aliphatic heterocycles. The molecule has 0 aliphatic rings. The molecule has 1 aromatic carbocycles. The molecule has 0 radical (unpaired) electrons. The summed E-state index contributed by atoms with van der Waals surface area (Å²) in [4.78, 5) is 5.51. The first-order valence-electron chi connectivity index (χ1n) is 6.10. The van der Waals surface area contributed by atoms with Crippen LogP contribution in [-0.2, 0) is 13.1 Å². The molecular weight excluding hydrogens is 261 g/mol. The van der Waals surface area contributed by atoms with E-state index in [1.807, 2.05) is 24.6 Å². The van der Waals surface area contributed by atoms with E-state index >= 15 is 0 Å². The van der Waals surface area contributed by atoms with Gasteiger partial charge in [-0.15, -0.1) is 11.3 Å². The lowest BCUT2D eigenvalue weighted by Crippen LogP contribution is -2.14. The number of hydrogen-bond donors (Lipinski definition) is 1. The predicted molar refractivity (Wildman–Crippen MR) is 74.7 cm³/mol. The van der Waals surface area contributed by atoms with Gasteiger partial charge in [0.15, 0.2) is 4.96 Å². The molecule has 19 heavy (non-hydrogen) atoms. The summed E-state index contributed by atoms with van der Waals surface area (Å²) in [6.45, 7) is 3.38. The Labute approximate surface area is 114 Å². The molecule has 0 spiro atoms. The highest BCUT2D eigenvalue weighted by molar-refractivity contribution is 7.15. The fourth-order valence-electron chi connectivity index (χ4n) is 2.13. The third-order valence-corrected chi connectivity index (χ3v) is 3.83. The van der Waals surface area contributed by atoms with Crippen LogP contribution >= 0.6 is 11.3 Å². The van der Waals surface area contributed by atoms with Crippen molar-refractivity contribution < 1.29 is 4.39 Å². The van der Waals surface area contributed by atoms with Crippen molar-refractivity contribution in [2.24, 2.45) is 0 Å². The summed E-state index contributed by atoms with van der Waals surface area (Å²) in [6.07, 6.45) is 2.03. The smallest absolute Gasteiger partial charge is 0.194 e. The Morgan fingerprint density at radius 3 is 3.11 bits per heavy atom. The molecule has 3 rings (SSSR count). The zero-order valence-electron chi connectivity index (χ0n) is 10.6. The fraction of sp³-hybridized carbons (Fsp3) is 0.214. The van der Waals surface area contributed by atoms with Crippen molar-refractivity contribution in [1.29, 1.82) is 0 Å². The maximum Gasteiger partial charge on any atom is 0.194 e. The zero-order chi connectivity index (χ0) is 13.2. The molecule has 0 amide bonds. The second kappa shape index (κ2) is 5.11. The van der Waals surface area contributed by atoms with Crippen LogP contribution in [0.3, 0.4) is 0 Å². The van der Waals surface area contributed by atoms with E-state index in [1.165, 1.54) is 6.07 Å². The third-order valence-electron chi connectivity index (χ3n) is 3.07. The number of nitrogens with one attached hydrogen (secondary N) is 1. The highest BCUT2D eigenvalue weighted by atomic mass is 32.1. The molecule has 0 saturated heterocycles. The van der Waals surface area contributed by atoms with Crippen LogP contribution in [0.5, 0.6) is 0 Å². The van der Waals surface area contributed by atoms with Gasteiger partial charge in [-0.3, -0.25) is 4.40 Å². The van der Waals surface area contributed by atoms with Crippen LogP contribution in [0, 0.1) is 12.7 Å². The highest BCUT2D eigenvalue weighted by Gasteiger charge is 2.08. The van der Waals surface area contributed by atoms with Gasteiger partial charge in [-0.05, 0) is 24.6 Å². The number of thiazole rings is 1. The predicted octanol–water partition coefficient (Wildman–Crippen LogP) is 3.13. The Bertz CT molecular complexity index is 702. The molecule has 5 heteroatoms. The molecule has 3 nitrogen and oxygen atoms in total. The van der Waals surface area contributed by atoms with Crippen molar-refractivity contribution in [3.05, 3.63) is 58.6 Å². The quantitative estimate of drug-likeness (QED) is 0.792. The molecule has 0 aliphatic carbocycles.